The fraction of sp³-hybridized carbons (Fsp3) is 0.556. The van der Waals surface area contributed by atoms with Crippen LogP contribution < -0.4 is 0 Å². The molecule has 0 amide bonds. The van der Waals surface area contributed by atoms with Gasteiger partial charge >= 0.3 is 0 Å². The van der Waals surface area contributed by atoms with Crippen LogP contribution in [0, 0.1) is 46.3 Å². The lowest BCUT2D eigenvalue weighted by Gasteiger charge is -2.50. The predicted octanol–water partition coefficient (Wildman–Crippen LogP) is 13.9. The Labute approximate surface area is 333 Å². The molecule has 1 nitrogen and oxygen atoms in total. The fourth-order valence-corrected chi connectivity index (χ4v) is 14.9. The molecule has 0 N–H and O–H groups in total. The Morgan fingerprint density at radius 3 is 2.31 bits per heavy atom. The summed E-state index contributed by atoms with van der Waals surface area (Å²) in [6, 6.07) is 1.03. The van der Waals surface area contributed by atoms with Gasteiger partial charge in [-0.25, -0.2) is 0 Å². The average Bonchev–Trinajstić information content (AvgIpc) is 3.67. The van der Waals surface area contributed by atoms with Gasteiger partial charge in [-0.05, 0) is 179 Å². The van der Waals surface area contributed by atoms with Gasteiger partial charge in [-0.15, -0.1) is 0 Å². The summed E-state index contributed by atoms with van der Waals surface area (Å²) in [5.74, 6) is 4.02. The number of rotatable bonds is 5. The first-order chi connectivity index (χ1) is 27.0. The van der Waals surface area contributed by atoms with E-state index in [9.17, 15) is 0 Å². The standard InChI is InChI=1S/C54H65N/c1-53(2)49-21-11-8-18-44(49)47-33-32-42(35-52(47)53)55(41-29-26-37-25-24-36-14-6-7-17-43(36)48(37)34-41)40-30-27-39(28-31-40)54(38-15-4-3-5-16-38)50-22-12-9-19-45(50)46-20-10-13-23-51(46)54/h7-9,13,15,17-19,23-25,27-28,30,34,36,40,42-43,46-47,51-52H,3-6,10-12,14,16,20-22,26,29,31-33,35H2,1-2H3. The predicted molar refractivity (Wildman–Crippen MR) is 230 cm³/mol. The van der Waals surface area contributed by atoms with Crippen LogP contribution in [0.4, 0.5) is 0 Å². The first kappa shape index (κ1) is 34.9. The van der Waals surface area contributed by atoms with Gasteiger partial charge in [0, 0.05) is 29.0 Å². The van der Waals surface area contributed by atoms with Crippen molar-refractivity contribution in [3.05, 3.63) is 141 Å². The highest BCUT2D eigenvalue weighted by atomic mass is 15.2. The van der Waals surface area contributed by atoms with Crippen LogP contribution in [0.5, 0.6) is 0 Å². The molecule has 1 heteroatoms. The second-order valence-corrected chi connectivity index (χ2v) is 20.0. The van der Waals surface area contributed by atoms with E-state index in [1.807, 2.05) is 0 Å². The quantitative estimate of drug-likeness (QED) is 0.255. The maximum absolute atomic E-state index is 3.06. The van der Waals surface area contributed by atoms with Crippen molar-refractivity contribution in [1.29, 1.82) is 0 Å². The Morgan fingerprint density at radius 2 is 1.47 bits per heavy atom. The van der Waals surface area contributed by atoms with Gasteiger partial charge < -0.3 is 4.90 Å². The van der Waals surface area contributed by atoms with Gasteiger partial charge in [-0.2, -0.15) is 0 Å². The van der Waals surface area contributed by atoms with Crippen LogP contribution in [0.3, 0.4) is 0 Å². The van der Waals surface area contributed by atoms with Crippen LogP contribution in [-0.4, -0.2) is 17.0 Å². The molecule has 0 radical (unpaired) electrons. The molecular weight excluding hydrogens is 663 g/mol. The summed E-state index contributed by atoms with van der Waals surface area (Å²) in [5, 5.41) is 0. The molecule has 0 aromatic carbocycles. The van der Waals surface area contributed by atoms with Crippen molar-refractivity contribution >= 4 is 0 Å². The molecule has 0 aromatic rings. The average molecular weight is 728 g/mol. The van der Waals surface area contributed by atoms with E-state index in [4.69, 9.17) is 0 Å². The van der Waals surface area contributed by atoms with E-state index in [-0.39, 0.29) is 5.41 Å². The molecule has 0 spiro atoms. The molecule has 11 aliphatic rings. The highest BCUT2D eigenvalue weighted by Gasteiger charge is 2.56. The lowest BCUT2D eigenvalue weighted by molar-refractivity contribution is 0.0786. The zero-order valence-corrected chi connectivity index (χ0v) is 34.0. The zero-order chi connectivity index (χ0) is 36.7. The summed E-state index contributed by atoms with van der Waals surface area (Å²) in [5.41, 5.74) is 15.8. The van der Waals surface area contributed by atoms with Gasteiger partial charge in [0.1, 0.15) is 0 Å². The maximum Gasteiger partial charge on any atom is 0.0511 e. The molecule has 55 heavy (non-hydrogen) atoms. The summed E-state index contributed by atoms with van der Waals surface area (Å²) in [6.45, 7) is 5.24. The van der Waals surface area contributed by atoms with Crippen LogP contribution in [0.15, 0.2) is 141 Å². The normalized spacial score (nSPS) is 39.5. The first-order valence-electron chi connectivity index (χ1n) is 23.2. The first-order valence-corrected chi connectivity index (χ1v) is 23.2. The highest BCUT2D eigenvalue weighted by Crippen LogP contribution is 2.66. The summed E-state index contributed by atoms with van der Waals surface area (Å²) < 4.78 is 0. The Kier molecular flexibility index (Phi) is 8.67. The number of hydrogen-bond donors (Lipinski definition) is 0. The van der Waals surface area contributed by atoms with Crippen LogP contribution >= 0.6 is 0 Å². The lowest BCUT2D eigenvalue weighted by atomic mass is 9.57. The minimum Gasteiger partial charge on any atom is -0.365 e. The van der Waals surface area contributed by atoms with E-state index in [2.05, 4.69) is 110 Å². The number of nitrogens with zero attached hydrogens (tertiary/aromatic N) is 1. The Bertz CT molecular complexity index is 2000. The summed E-state index contributed by atoms with van der Waals surface area (Å²) >= 11 is 0. The summed E-state index contributed by atoms with van der Waals surface area (Å²) in [7, 11) is 0. The topological polar surface area (TPSA) is 3.24 Å². The Balaban J connectivity index is 0.976. The van der Waals surface area contributed by atoms with E-state index < -0.39 is 0 Å². The molecule has 11 aliphatic carbocycles. The SMILES string of the molecule is CC1(C)C2=C(C=CCC2)C2CCC(N(C3=CC4=C(C=CC5CCC=CC45)CC3)C3C=CC(C4(C5=CCCCC5)C5=C(C=CCC5)C5CCC=CC54)=CC3)CC21. The zero-order valence-electron chi connectivity index (χ0n) is 34.0. The second kappa shape index (κ2) is 13.7. The maximum atomic E-state index is 3.06. The molecule has 286 valence electrons. The van der Waals surface area contributed by atoms with Crippen molar-refractivity contribution in [2.24, 2.45) is 46.3 Å². The molecule has 1 fully saturated rings. The molecule has 9 unspecified atom stereocenters. The fourth-order valence-electron chi connectivity index (χ4n) is 14.9. The van der Waals surface area contributed by atoms with Crippen LogP contribution in [0.1, 0.15) is 129 Å². The minimum absolute atomic E-state index is 0.0686. The van der Waals surface area contributed by atoms with E-state index >= 15 is 0 Å². The van der Waals surface area contributed by atoms with E-state index in [1.54, 1.807) is 50.3 Å². The van der Waals surface area contributed by atoms with E-state index in [0.717, 1.165) is 18.3 Å². The molecular formula is C54H65N. The second-order valence-electron chi connectivity index (χ2n) is 20.0. The van der Waals surface area contributed by atoms with Crippen LogP contribution in [-0.2, 0) is 0 Å². The van der Waals surface area contributed by atoms with Gasteiger partial charge in [0.05, 0.1) is 6.04 Å². The molecule has 0 bridgehead atoms. The van der Waals surface area contributed by atoms with Gasteiger partial charge in [0.2, 0.25) is 0 Å². The van der Waals surface area contributed by atoms with Crippen molar-refractivity contribution in [3.8, 4) is 0 Å². The van der Waals surface area contributed by atoms with Crippen molar-refractivity contribution in [1.82, 2.24) is 4.90 Å². The molecule has 0 aliphatic heterocycles. The molecule has 0 heterocycles. The third kappa shape index (κ3) is 5.36. The van der Waals surface area contributed by atoms with Crippen molar-refractivity contribution in [2.75, 3.05) is 0 Å². The van der Waals surface area contributed by atoms with Gasteiger partial charge in [-0.3, -0.25) is 0 Å². The molecule has 9 atom stereocenters. The smallest absolute Gasteiger partial charge is 0.0511 e. The highest BCUT2D eigenvalue weighted by molar-refractivity contribution is 5.59. The number of allylic oxidation sites excluding steroid dienone is 22. The molecule has 1 saturated carbocycles. The number of fused-ring (bicyclic) bond motifs is 6. The monoisotopic (exact) mass is 728 g/mol. The molecule has 0 aromatic heterocycles. The Morgan fingerprint density at radius 1 is 0.636 bits per heavy atom. The van der Waals surface area contributed by atoms with Crippen molar-refractivity contribution < 1.29 is 0 Å². The lowest BCUT2D eigenvalue weighted by Crippen LogP contribution is -2.48. The summed E-state index contributed by atoms with van der Waals surface area (Å²) in [6.07, 6.45) is 62.0. The minimum atomic E-state index is 0.0686. The summed E-state index contributed by atoms with van der Waals surface area (Å²) in [4.78, 5) is 3.06. The van der Waals surface area contributed by atoms with Crippen molar-refractivity contribution in [3.63, 3.8) is 0 Å². The van der Waals surface area contributed by atoms with Crippen LogP contribution in [0.2, 0.25) is 0 Å². The third-order valence-electron chi connectivity index (χ3n) is 17.3. The molecule has 11 rings (SSSR count). The largest absolute Gasteiger partial charge is 0.365 e. The van der Waals surface area contributed by atoms with E-state index in [1.165, 1.54) is 109 Å². The number of hydrogen-bond acceptors (Lipinski definition) is 1. The third-order valence-corrected chi connectivity index (χ3v) is 17.3. The van der Waals surface area contributed by atoms with Gasteiger partial charge in [0.15, 0.2) is 0 Å². The van der Waals surface area contributed by atoms with E-state index in [0.29, 0.717) is 41.2 Å². The van der Waals surface area contributed by atoms with Gasteiger partial charge in [-0.1, -0.05) is 116 Å². The van der Waals surface area contributed by atoms with Gasteiger partial charge in [0.25, 0.3) is 0 Å². The van der Waals surface area contributed by atoms with Crippen LogP contribution in [0.25, 0.3) is 0 Å². The Hall–Kier alpha value is -3.32. The van der Waals surface area contributed by atoms with Crippen molar-refractivity contribution in [2.45, 2.75) is 142 Å². The molecule has 0 saturated heterocycles.